The van der Waals surface area contributed by atoms with Crippen LogP contribution in [0.2, 0.25) is 0 Å². The Balaban J connectivity index is 1.61. The van der Waals surface area contributed by atoms with Gasteiger partial charge in [-0.25, -0.2) is 4.98 Å². The van der Waals surface area contributed by atoms with Crippen LogP contribution < -0.4 is 10.2 Å². The van der Waals surface area contributed by atoms with Gasteiger partial charge in [-0.15, -0.1) is 22.7 Å². The molecule has 1 aliphatic rings. The maximum atomic E-state index is 11.3. The van der Waals surface area contributed by atoms with Crippen LogP contribution >= 0.6 is 22.7 Å². The van der Waals surface area contributed by atoms with Crippen molar-refractivity contribution in [3.63, 3.8) is 0 Å². The van der Waals surface area contributed by atoms with Gasteiger partial charge in [-0.2, -0.15) is 0 Å². The van der Waals surface area contributed by atoms with Gasteiger partial charge in [0.05, 0.1) is 22.7 Å². The zero-order chi connectivity index (χ0) is 19.0. The van der Waals surface area contributed by atoms with Gasteiger partial charge in [0.15, 0.2) is 0 Å². The number of aliphatic hydroxyl groups excluding tert-OH is 1. The number of carbonyl (C=O) groups is 1. The van der Waals surface area contributed by atoms with Crippen molar-refractivity contribution >= 4 is 51.4 Å². The molecular formula is C19H16N4O2S2. The van der Waals surface area contributed by atoms with Gasteiger partial charge < -0.3 is 15.3 Å². The summed E-state index contributed by atoms with van der Waals surface area (Å²) in [7, 11) is 0. The molecule has 3 heterocycles. The van der Waals surface area contributed by atoms with Crippen molar-refractivity contribution in [2.24, 2.45) is 0 Å². The minimum absolute atomic E-state index is 0.122. The van der Waals surface area contributed by atoms with E-state index in [1.54, 1.807) is 34.4 Å². The Morgan fingerprint density at radius 3 is 2.89 bits per heavy atom. The third kappa shape index (κ3) is 3.36. The van der Waals surface area contributed by atoms with Crippen molar-refractivity contribution in [1.29, 1.82) is 5.41 Å². The molecule has 0 spiro atoms. The van der Waals surface area contributed by atoms with Crippen LogP contribution in [0.25, 0.3) is 16.1 Å². The van der Waals surface area contributed by atoms with Crippen molar-refractivity contribution in [2.45, 2.75) is 6.92 Å². The molecular weight excluding hydrogens is 380 g/mol. The van der Waals surface area contributed by atoms with E-state index < -0.39 is 0 Å². The molecule has 3 N–H and O–H groups in total. The van der Waals surface area contributed by atoms with Crippen molar-refractivity contribution in [2.75, 3.05) is 16.8 Å². The van der Waals surface area contributed by atoms with Crippen LogP contribution in [0.15, 0.2) is 52.9 Å². The number of aromatic nitrogens is 1. The molecule has 0 radical (unpaired) electrons. The van der Waals surface area contributed by atoms with Crippen molar-refractivity contribution in [3.05, 3.63) is 57.9 Å². The summed E-state index contributed by atoms with van der Waals surface area (Å²) in [4.78, 5) is 18.6. The van der Waals surface area contributed by atoms with Crippen LogP contribution in [0.1, 0.15) is 11.9 Å². The molecule has 0 saturated heterocycles. The van der Waals surface area contributed by atoms with Gasteiger partial charge in [0.2, 0.25) is 5.91 Å². The number of hydrogen-bond acceptors (Lipinski definition) is 6. The molecule has 1 aromatic carbocycles. The zero-order valence-corrected chi connectivity index (χ0v) is 16.0. The first kappa shape index (κ1) is 17.4. The third-order valence-corrected chi connectivity index (χ3v) is 5.83. The predicted octanol–water partition coefficient (Wildman–Crippen LogP) is 4.60. The minimum Gasteiger partial charge on any atom is -0.510 e. The molecule has 0 atom stereocenters. The second-order valence-electron chi connectivity index (χ2n) is 6.00. The first-order chi connectivity index (χ1) is 13.0. The predicted molar refractivity (Wildman–Crippen MR) is 111 cm³/mol. The summed E-state index contributed by atoms with van der Waals surface area (Å²) in [6.07, 6.45) is 0. The number of anilines is 2. The maximum Gasteiger partial charge on any atom is 0.221 e. The second-order valence-corrected chi connectivity index (χ2v) is 7.81. The van der Waals surface area contributed by atoms with Gasteiger partial charge in [0.1, 0.15) is 16.6 Å². The molecule has 136 valence electrons. The Kier molecular flexibility index (Phi) is 4.51. The normalized spacial score (nSPS) is 14.1. The number of amidine groups is 1. The molecule has 3 aromatic rings. The van der Waals surface area contributed by atoms with Gasteiger partial charge in [-0.05, 0) is 29.6 Å². The van der Waals surface area contributed by atoms with Crippen LogP contribution in [-0.2, 0) is 4.79 Å². The monoisotopic (exact) mass is 396 g/mol. The van der Waals surface area contributed by atoms with E-state index in [1.807, 2.05) is 29.0 Å². The quantitative estimate of drug-likeness (QED) is 0.601. The Morgan fingerprint density at radius 2 is 2.15 bits per heavy atom. The van der Waals surface area contributed by atoms with Gasteiger partial charge in [-0.1, -0.05) is 12.1 Å². The summed E-state index contributed by atoms with van der Waals surface area (Å²) < 4.78 is 0. The number of hydrogen-bond donors (Lipinski definition) is 3. The highest BCUT2D eigenvalue weighted by molar-refractivity contribution is 7.14. The number of carbonyl (C=O) groups excluding carboxylic acids is 1. The van der Waals surface area contributed by atoms with E-state index in [0.29, 0.717) is 16.3 Å². The van der Waals surface area contributed by atoms with Gasteiger partial charge in [0.25, 0.3) is 0 Å². The standard InChI is InChI=1S/C19H16N4O2S2/c1-11(24)21-12-4-2-5-13(8-12)23-9-15(25)17(18(23)20)19-22-14(10-27-19)16-6-3-7-26-16/h2-8,10,20,25H,9H2,1H3,(H,21,24). The molecule has 0 fully saturated rings. The zero-order valence-electron chi connectivity index (χ0n) is 14.4. The first-order valence-corrected chi connectivity index (χ1v) is 9.95. The fraction of sp³-hybridized carbons (Fsp3) is 0.105. The highest BCUT2D eigenvalue weighted by Gasteiger charge is 2.31. The van der Waals surface area contributed by atoms with Gasteiger partial charge in [-0.3, -0.25) is 10.2 Å². The summed E-state index contributed by atoms with van der Waals surface area (Å²) >= 11 is 3.02. The number of benzene rings is 1. The fourth-order valence-electron chi connectivity index (χ4n) is 2.91. The number of amides is 1. The van der Waals surface area contributed by atoms with Crippen molar-refractivity contribution < 1.29 is 9.90 Å². The molecule has 0 aliphatic carbocycles. The maximum absolute atomic E-state index is 11.3. The van der Waals surface area contributed by atoms with E-state index in [-0.39, 0.29) is 24.0 Å². The molecule has 8 heteroatoms. The Hall–Kier alpha value is -2.97. The number of nitrogens with one attached hydrogen (secondary N) is 2. The van der Waals surface area contributed by atoms with Gasteiger partial charge in [0, 0.05) is 23.7 Å². The van der Waals surface area contributed by atoms with E-state index in [9.17, 15) is 9.90 Å². The number of nitrogens with zero attached hydrogens (tertiary/aromatic N) is 2. The SMILES string of the molecule is CC(=O)Nc1cccc(N2CC(O)=C(c3nc(-c4cccs4)cs3)C2=N)c1. The summed E-state index contributed by atoms with van der Waals surface area (Å²) in [5.74, 6) is 0.158. The number of thiophene rings is 1. The number of thiazole rings is 1. The molecule has 0 bridgehead atoms. The molecule has 0 unspecified atom stereocenters. The lowest BCUT2D eigenvalue weighted by Gasteiger charge is -2.19. The number of rotatable bonds is 4. The van der Waals surface area contributed by atoms with Crippen molar-refractivity contribution in [1.82, 2.24) is 4.98 Å². The average Bonchev–Trinajstić information content (AvgIpc) is 3.34. The van der Waals surface area contributed by atoms with Gasteiger partial charge >= 0.3 is 0 Å². The minimum atomic E-state index is -0.158. The Morgan fingerprint density at radius 1 is 1.30 bits per heavy atom. The van der Waals surface area contributed by atoms with Crippen molar-refractivity contribution in [3.8, 4) is 10.6 Å². The third-order valence-electron chi connectivity index (χ3n) is 4.07. The van der Waals surface area contributed by atoms with Crippen LogP contribution in [0.5, 0.6) is 0 Å². The molecule has 0 saturated carbocycles. The van der Waals surface area contributed by atoms with E-state index in [4.69, 9.17) is 5.41 Å². The van der Waals surface area contributed by atoms with Crippen LogP contribution in [0.3, 0.4) is 0 Å². The molecule has 2 aromatic heterocycles. The van der Waals surface area contributed by atoms with E-state index in [2.05, 4.69) is 10.3 Å². The van der Waals surface area contributed by atoms with E-state index >= 15 is 0 Å². The van der Waals surface area contributed by atoms with Crippen LogP contribution in [0, 0.1) is 5.41 Å². The van der Waals surface area contributed by atoms with Crippen LogP contribution in [-0.4, -0.2) is 28.4 Å². The highest BCUT2D eigenvalue weighted by atomic mass is 32.1. The molecule has 1 amide bonds. The fourth-order valence-corrected chi connectivity index (χ4v) is 4.55. The summed E-state index contributed by atoms with van der Waals surface area (Å²) in [5, 5.41) is 26.3. The Labute approximate surface area is 163 Å². The largest absolute Gasteiger partial charge is 0.510 e. The smallest absolute Gasteiger partial charge is 0.221 e. The molecule has 1 aliphatic heterocycles. The molecule has 27 heavy (non-hydrogen) atoms. The number of aliphatic hydroxyl groups is 1. The lowest BCUT2D eigenvalue weighted by molar-refractivity contribution is -0.114. The topological polar surface area (TPSA) is 89.3 Å². The summed E-state index contributed by atoms with van der Waals surface area (Å²) in [6.45, 7) is 1.65. The average molecular weight is 396 g/mol. The lowest BCUT2D eigenvalue weighted by atomic mass is 10.2. The Bertz CT molecular complexity index is 1050. The summed E-state index contributed by atoms with van der Waals surface area (Å²) in [6, 6.07) is 11.2. The lowest BCUT2D eigenvalue weighted by Crippen LogP contribution is -2.26. The van der Waals surface area contributed by atoms with Crippen LogP contribution in [0.4, 0.5) is 11.4 Å². The van der Waals surface area contributed by atoms with E-state index in [0.717, 1.165) is 16.3 Å². The molecule has 6 nitrogen and oxygen atoms in total. The highest BCUT2D eigenvalue weighted by Crippen LogP contribution is 2.35. The first-order valence-electron chi connectivity index (χ1n) is 8.19. The van der Waals surface area contributed by atoms with E-state index in [1.165, 1.54) is 18.3 Å². The molecule has 4 rings (SSSR count). The second kappa shape index (κ2) is 6.98. The summed E-state index contributed by atoms with van der Waals surface area (Å²) in [5.41, 5.74) is 2.68.